The standard InChI is InChI=1S/C61H117NO5/c1-3-5-7-9-11-13-15-16-17-18-21-25-28-31-35-39-43-47-51-55-61(66)67-56-52-48-44-40-36-32-29-26-23-20-19-22-24-27-30-34-38-42-46-50-54-60(65)62-58(57-63)59(64)53-49-45-41-37-33-14-12-10-8-6-4-2/h19,22,49,53,58-59,63-64H,3-18,20-21,23-48,50-52,54-57H2,1-2H3,(H,62,65)/b22-19-,53-49+. The Hall–Kier alpha value is -1.66. The predicted octanol–water partition coefficient (Wildman–Crippen LogP) is 18.6. The molecular formula is C61H117NO5. The van der Waals surface area contributed by atoms with Crippen LogP contribution in [-0.2, 0) is 14.3 Å². The quantitative estimate of drug-likeness (QED) is 0.0321. The van der Waals surface area contributed by atoms with E-state index in [9.17, 15) is 19.8 Å². The Morgan fingerprint density at radius 1 is 0.403 bits per heavy atom. The van der Waals surface area contributed by atoms with Crippen LogP contribution >= 0.6 is 0 Å². The zero-order valence-electron chi connectivity index (χ0n) is 45.1. The Balaban J connectivity index is 3.40. The van der Waals surface area contributed by atoms with Gasteiger partial charge in [-0.2, -0.15) is 0 Å². The van der Waals surface area contributed by atoms with Crippen LogP contribution in [0.3, 0.4) is 0 Å². The normalized spacial score (nSPS) is 12.7. The first kappa shape index (κ1) is 65.3. The van der Waals surface area contributed by atoms with Crippen molar-refractivity contribution < 1.29 is 24.5 Å². The van der Waals surface area contributed by atoms with Gasteiger partial charge in [0.15, 0.2) is 0 Å². The first-order valence-electron chi connectivity index (χ1n) is 30.1. The summed E-state index contributed by atoms with van der Waals surface area (Å²) < 4.78 is 5.50. The summed E-state index contributed by atoms with van der Waals surface area (Å²) >= 11 is 0. The highest BCUT2D eigenvalue weighted by Gasteiger charge is 2.18. The van der Waals surface area contributed by atoms with Gasteiger partial charge in [-0.3, -0.25) is 9.59 Å². The van der Waals surface area contributed by atoms with E-state index in [1.54, 1.807) is 6.08 Å². The summed E-state index contributed by atoms with van der Waals surface area (Å²) in [4.78, 5) is 24.5. The number of carbonyl (C=O) groups excluding carboxylic acids is 2. The molecule has 0 aromatic rings. The Morgan fingerprint density at radius 2 is 0.701 bits per heavy atom. The van der Waals surface area contributed by atoms with Crippen LogP contribution in [0.4, 0.5) is 0 Å². The number of hydrogen-bond donors (Lipinski definition) is 3. The van der Waals surface area contributed by atoms with Gasteiger partial charge in [0.25, 0.3) is 0 Å². The molecule has 1 amide bonds. The van der Waals surface area contributed by atoms with Gasteiger partial charge >= 0.3 is 5.97 Å². The Bertz CT molecular complexity index is 1040. The molecule has 0 saturated heterocycles. The van der Waals surface area contributed by atoms with Gasteiger partial charge in [-0.25, -0.2) is 0 Å². The van der Waals surface area contributed by atoms with Crippen LogP contribution in [-0.4, -0.2) is 47.4 Å². The van der Waals surface area contributed by atoms with Crippen LogP contribution in [0.25, 0.3) is 0 Å². The Labute approximate surface area is 418 Å². The van der Waals surface area contributed by atoms with Gasteiger partial charge in [0, 0.05) is 12.8 Å². The van der Waals surface area contributed by atoms with Gasteiger partial charge in [0.2, 0.25) is 5.91 Å². The number of unbranched alkanes of at least 4 members (excludes halogenated alkanes) is 43. The number of hydrogen-bond acceptors (Lipinski definition) is 5. The highest BCUT2D eigenvalue weighted by atomic mass is 16.5. The van der Waals surface area contributed by atoms with Crippen molar-refractivity contribution in [3.05, 3.63) is 24.3 Å². The lowest BCUT2D eigenvalue weighted by molar-refractivity contribution is -0.143. The number of rotatable bonds is 56. The molecule has 2 unspecified atom stereocenters. The van der Waals surface area contributed by atoms with Gasteiger partial charge in [0.1, 0.15) is 0 Å². The van der Waals surface area contributed by atoms with E-state index in [-0.39, 0.29) is 18.5 Å². The van der Waals surface area contributed by atoms with Crippen molar-refractivity contribution in [2.45, 2.75) is 341 Å². The van der Waals surface area contributed by atoms with Gasteiger partial charge in [-0.05, 0) is 57.8 Å². The van der Waals surface area contributed by atoms with Crippen LogP contribution in [0, 0.1) is 0 Å². The van der Waals surface area contributed by atoms with Gasteiger partial charge < -0.3 is 20.3 Å². The maximum absolute atomic E-state index is 12.4. The number of carbonyl (C=O) groups is 2. The minimum Gasteiger partial charge on any atom is -0.466 e. The summed E-state index contributed by atoms with van der Waals surface area (Å²) in [5, 5.41) is 23.0. The molecule has 0 bridgehead atoms. The Kier molecular flexibility index (Phi) is 55.5. The average Bonchev–Trinajstić information content (AvgIpc) is 3.33. The second kappa shape index (κ2) is 56.9. The van der Waals surface area contributed by atoms with E-state index in [1.807, 2.05) is 6.08 Å². The summed E-state index contributed by atoms with van der Waals surface area (Å²) in [7, 11) is 0. The van der Waals surface area contributed by atoms with E-state index in [4.69, 9.17) is 4.74 Å². The lowest BCUT2D eigenvalue weighted by Gasteiger charge is -2.20. The van der Waals surface area contributed by atoms with E-state index in [2.05, 4.69) is 31.3 Å². The molecule has 396 valence electrons. The van der Waals surface area contributed by atoms with E-state index in [0.29, 0.717) is 19.4 Å². The minimum atomic E-state index is -0.848. The number of nitrogens with one attached hydrogen (secondary N) is 1. The third kappa shape index (κ3) is 53.5. The van der Waals surface area contributed by atoms with Gasteiger partial charge in [-0.1, -0.05) is 282 Å². The zero-order chi connectivity index (χ0) is 48.6. The van der Waals surface area contributed by atoms with E-state index in [0.717, 1.165) is 44.9 Å². The molecule has 6 nitrogen and oxygen atoms in total. The molecule has 0 saturated carbocycles. The minimum absolute atomic E-state index is 0.0103. The first-order chi connectivity index (χ1) is 33.0. The number of aliphatic hydroxyl groups excluding tert-OH is 2. The molecule has 0 spiro atoms. The summed E-state index contributed by atoms with van der Waals surface area (Å²) in [6.45, 7) is 4.90. The molecule has 0 aliphatic heterocycles. The summed E-state index contributed by atoms with van der Waals surface area (Å²) in [5.41, 5.74) is 0. The summed E-state index contributed by atoms with van der Waals surface area (Å²) in [6, 6.07) is -0.632. The lowest BCUT2D eigenvalue weighted by Crippen LogP contribution is -2.45. The second-order valence-electron chi connectivity index (χ2n) is 20.7. The van der Waals surface area contributed by atoms with Crippen molar-refractivity contribution in [1.82, 2.24) is 5.32 Å². The van der Waals surface area contributed by atoms with Crippen LogP contribution in [0.5, 0.6) is 0 Å². The van der Waals surface area contributed by atoms with Crippen molar-refractivity contribution in [3.63, 3.8) is 0 Å². The van der Waals surface area contributed by atoms with Gasteiger partial charge in [0.05, 0.1) is 25.4 Å². The first-order valence-corrected chi connectivity index (χ1v) is 30.1. The molecule has 6 heteroatoms. The van der Waals surface area contributed by atoms with Crippen molar-refractivity contribution in [1.29, 1.82) is 0 Å². The maximum atomic E-state index is 12.4. The van der Waals surface area contributed by atoms with E-state index < -0.39 is 12.1 Å². The molecule has 0 radical (unpaired) electrons. The number of allylic oxidation sites excluding steroid dienone is 3. The number of esters is 1. The highest BCUT2D eigenvalue weighted by Crippen LogP contribution is 2.17. The third-order valence-electron chi connectivity index (χ3n) is 14.0. The van der Waals surface area contributed by atoms with Crippen molar-refractivity contribution in [3.8, 4) is 0 Å². The number of aliphatic hydroxyl groups is 2. The molecule has 0 aromatic carbocycles. The molecule has 0 aromatic heterocycles. The molecular weight excluding hydrogens is 827 g/mol. The molecule has 0 heterocycles. The van der Waals surface area contributed by atoms with Crippen LogP contribution in [0.2, 0.25) is 0 Å². The maximum Gasteiger partial charge on any atom is 0.305 e. The number of amides is 1. The lowest BCUT2D eigenvalue weighted by atomic mass is 10.0. The molecule has 0 aliphatic rings. The summed E-state index contributed by atoms with van der Waals surface area (Å²) in [5.74, 6) is -0.0668. The predicted molar refractivity (Wildman–Crippen MR) is 292 cm³/mol. The Morgan fingerprint density at radius 3 is 1.06 bits per heavy atom. The van der Waals surface area contributed by atoms with Crippen molar-refractivity contribution in [2.75, 3.05) is 13.2 Å². The second-order valence-corrected chi connectivity index (χ2v) is 20.7. The van der Waals surface area contributed by atoms with Gasteiger partial charge in [-0.15, -0.1) is 0 Å². The molecule has 3 N–H and O–H groups in total. The third-order valence-corrected chi connectivity index (χ3v) is 14.0. The highest BCUT2D eigenvalue weighted by molar-refractivity contribution is 5.76. The smallest absolute Gasteiger partial charge is 0.305 e. The zero-order valence-corrected chi connectivity index (χ0v) is 45.1. The fourth-order valence-corrected chi connectivity index (χ4v) is 9.34. The SMILES string of the molecule is CCCCCCCCCCC/C=C/C(O)C(CO)NC(=O)CCCCCCCCC/C=C\CCCCCCCCCCCOC(=O)CCCCCCCCCCCCCCCCCCCCC. The van der Waals surface area contributed by atoms with Crippen molar-refractivity contribution in [2.24, 2.45) is 0 Å². The summed E-state index contributed by atoms with van der Waals surface area (Å²) in [6.07, 6.45) is 69.3. The largest absolute Gasteiger partial charge is 0.466 e. The molecule has 2 atom stereocenters. The molecule has 0 rings (SSSR count). The van der Waals surface area contributed by atoms with E-state index in [1.165, 1.54) is 257 Å². The van der Waals surface area contributed by atoms with E-state index >= 15 is 0 Å². The monoisotopic (exact) mass is 944 g/mol. The average molecular weight is 945 g/mol. The van der Waals surface area contributed by atoms with Crippen LogP contribution in [0.15, 0.2) is 24.3 Å². The van der Waals surface area contributed by atoms with Crippen LogP contribution in [0.1, 0.15) is 328 Å². The molecule has 67 heavy (non-hydrogen) atoms. The van der Waals surface area contributed by atoms with Crippen molar-refractivity contribution >= 4 is 11.9 Å². The fourth-order valence-electron chi connectivity index (χ4n) is 9.34. The van der Waals surface area contributed by atoms with Crippen LogP contribution < -0.4 is 5.32 Å². The fraction of sp³-hybridized carbons (Fsp3) is 0.902. The topological polar surface area (TPSA) is 95.9 Å². The molecule has 0 fully saturated rings. The number of ether oxygens (including phenoxy) is 1. The molecule has 0 aliphatic carbocycles.